The van der Waals surface area contributed by atoms with Crippen molar-refractivity contribution in [2.24, 2.45) is 4.99 Å². The number of hydrogen-bond donors (Lipinski definition) is 4. The van der Waals surface area contributed by atoms with Crippen LogP contribution in [-0.4, -0.2) is 61.7 Å². The zero-order valence-corrected chi connectivity index (χ0v) is 19.8. The number of carbonyl (C=O) groups excluding carboxylic acids is 1. The summed E-state index contributed by atoms with van der Waals surface area (Å²) in [6.45, 7) is 13.0. The molecule has 0 radical (unpaired) electrons. The number of rotatable bonds is 10. The summed E-state index contributed by atoms with van der Waals surface area (Å²) in [6, 6.07) is 5.55. The summed E-state index contributed by atoms with van der Waals surface area (Å²) in [4.78, 5) is 16.7. The number of aliphatic hydroxyl groups is 1. The zero-order chi connectivity index (χ0) is 23.5. The van der Waals surface area contributed by atoms with Gasteiger partial charge in [0.25, 0.3) is 0 Å². The number of carbonyl (C=O) groups is 1. The van der Waals surface area contributed by atoms with Crippen LogP contribution in [-0.2, 0) is 11.3 Å². The van der Waals surface area contributed by atoms with Gasteiger partial charge in [0.15, 0.2) is 17.5 Å². The standard InChI is InChI=1S/C22H38N4O5/c1-8-23-19(25-15-22(5,6)26-20(28)31-21(2,3)4)24-14-16-9-10-17(30-12-11-27)18(13-16)29-7/h9-10,13,27H,8,11-12,14-15H2,1-7H3,(H,26,28)(H2,23,24,25). The summed E-state index contributed by atoms with van der Waals surface area (Å²) in [5.74, 6) is 1.78. The molecule has 0 saturated heterocycles. The van der Waals surface area contributed by atoms with Gasteiger partial charge in [-0.25, -0.2) is 9.79 Å². The number of hydrogen-bond acceptors (Lipinski definition) is 6. The highest BCUT2D eigenvalue weighted by Crippen LogP contribution is 2.28. The quantitative estimate of drug-likeness (QED) is 0.328. The van der Waals surface area contributed by atoms with E-state index in [1.165, 1.54) is 0 Å². The monoisotopic (exact) mass is 438 g/mol. The number of aliphatic hydroxyl groups excluding tert-OH is 1. The number of ether oxygens (including phenoxy) is 3. The molecule has 0 bridgehead atoms. The normalized spacial score (nSPS) is 12.2. The third-order valence-corrected chi connectivity index (χ3v) is 3.88. The third kappa shape index (κ3) is 10.8. The summed E-state index contributed by atoms with van der Waals surface area (Å²) in [5.41, 5.74) is -0.159. The van der Waals surface area contributed by atoms with Gasteiger partial charge < -0.3 is 35.3 Å². The topological polar surface area (TPSA) is 113 Å². The molecule has 0 saturated carbocycles. The van der Waals surface area contributed by atoms with Crippen molar-refractivity contribution in [3.8, 4) is 11.5 Å². The van der Waals surface area contributed by atoms with E-state index in [0.717, 1.165) is 5.56 Å². The molecule has 0 aliphatic heterocycles. The fourth-order valence-corrected chi connectivity index (χ4v) is 2.53. The van der Waals surface area contributed by atoms with E-state index in [2.05, 4.69) is 20.9 Å². The lowest BCUT2D eigenvalue weighted by atomic mass is 10.1. The van der Waals surface area contributed by atoms with E-state index in [4.69, 9.17) is 19.3 Å². The lowest BCUT2D eigenvalue weighted by molar-refractivity contribution is 0.0474. The Bertz CT molecular complexity index is 729. The number of alkyl carbamates (subject to hydrolysis) is 1. The van der Waals surface area contributed by atoms with E-state index in [-0.39, 0.29) is 13.2 Å². The van der Waals surface area contributed by atoms with E-state index >= 15 is 0 Å². The maximum Gasteiger partial charge on any atom is 0.408 e. The lowest BCUT2D eigenvalue weighted by Crippen LogP contribution is -2.54. The molecule has 0 spiro atoms. The minimum atomic E-state index is -0.552. The predicted molar refractivity (Wildman–Crippen MR) is 122 cm³/mol. The fourth-order valence-electron chi connectivity index (χ4n) is 2.53. The molecule has 1 aromatic rings. The maximum atomic E-state index is 12.1. The molecular weight excluding hydrogens is 400 g/mol. The second-order valence-electron chi connectivity index (χ2n) is 8.62. The van der Waals surface area contributed by atoms with Crippen molar-refractivity contribution in [3.63, 3.8) is 0 Å². The summed E-state index contributed by atoms with van der Waals surface area (Å²) in [5, 5.41) is 18.2. The molecule has 0 fully saturated rings. The SMILES string of the molecule is CCNC(=NCc1ccc(OCCO)c(OC)c1)NCC(C)(C)NC(=O)OC(C)(C)C. The molecule has 0 atom stereocenters. The van der Waals surface area contributed by atoms with Crippen LogP contribution >= 0.6 is 0 Å². The molecule has 0 heterocycles. The van der Waals surface area contributed by atoms with Gasteiger partial charge in [-0.1, -0.05) is 6.07 Å². The number of methoxy groups -OCH3 is 1. The number of benzene rings is 1. The van der Waals surface area contributed by atoms with Crippen molar-refractivity contribution >= 4 is 12.1 Å². The molecule has 31 heavy (non-hydrogen) atoms. The van der Waals surface area contributed by atoms with E-state index < -0.39 is 17.2 Å². The third-order valence-electron chi connectivity index (χ3n) is 3.88. The van der Waals surface area contributed by atoms with Gasteiger partial charge in [-0.3, -0.25) is 0 Å². The molecule has 176 valence electrons. The van der Waals surface area contributed by atoms with E-state index in [1.807, 2.05) is 53.7 Å². The van der Waals surface area contributed by atoms with Crippen LogP contribution in [0.4, 0.5) is 4.79 Å². The first-order valence-corrected chi connectivity index (χ1v) is 10.4. The van der Waals surface area contributed by atoms with E-state index in [9.17, 15) is 4.79 Å². The summed E-state index contributed by atoms with van der Waals surface area (Å²) < 4.78 is 16.1. The number of nitrogens with zero attached hydrogens (tertiary/aromatic N) is 1. The van der Waals surface area contributed by atoms with Crippen molar-refractivity contribution in [1.82, 2.24) is 16.0 Å². The van der Waals surface area contributed by atoms with Crippen LogP contribution in [0.2, 0.25) is 0 Å². The molecule has 1 amide bonds. The molecule has 1 rings (SSSR count). The molecule has 9 heteroatoms. The molecule has 0 unspecified atom stereocenters. The first kappa shape index (κ1) is 26.4. The molecule has 0 aliphatic rings. The van der Waals surface area contributed by atoms with Crippen molar-refractivity contribution in [2.45, 2.75) is 59.2 Å². The van der Waals surface area contributed by atoms with Gasteiger partial charge in [-0.15, -0.1) is 0 Å². The van der Waals surface area contributed by atoms with Gasteiger partial charge in [-0.2, -0.15) is 0 Å². The smallest absolute Gasteiger partial charge is 0.408 e. The average Bonchev–Trinajstić information content (AvgIpc) is 2.66. The molecule has 0 aromatic heterocycles. The largest absolute Gasteiger partial charge is 0.493 e. The molecule has 0 aliphatic carbocycles. The number of amides is 1. The Hall–Kier alpha value is -2.68. The Morgan fingerprint density at radius 1 is 1.13 bits per heavy atom. The lowest BCUT2D eigenvalue weighted by Gasteiger charge is -2.29. The summed E-state index contributed by atoms with van der Waals surface area (Å²) in [6.07, 6.45) is -0.461. The Labute approximate surface area is 185 Å². The molecule has 1 aromatic carbocycles. The van der Waals surface area contributed by atoms with Crippen LogP contribution in [0.3, 0.4) is 0 Å². The highest BCUT2D eigenvalue weighted by atomic mass is 16.6. The van der Waals surface area contributed by atoms with Gasteiger partial charge in [0.2, 0.25) is 0 Å². The second-order valence-corrected chi connectivity index (χ2v) is 8.62. The zero-order valence-electron chi connectivity index (χ0n) is 19.8. The van der Waals surface area contributed by atoms with E-state index in [1.54, 1.807) is 13.2 Å². The summed E-state index contributed by atoms with van der Waals surface area (Å²) >= 11 is 0. The van der Waals surface area contributed by atoms with Crippen LogP contribution < -0.4 is 25.4 Å². The van der Waals surface area contributed by atoms with Crippen LogP contribution in [0.25, 0.3) is 0 Å². The fraction of sp³-hybridized carbons (Fsp3) is 0.636. The van der Waals surface area contributed by atoms with Crippen LogP contribution in [0.1, 0.15) is 47.1 Å². The maximum absolute atomic E-state index is 12.1. The Morgan fingerprint density at radius 3 is 2.42 bits per heavy atom. The van der Waals surface area contributed by atoms with Gasteiger partial charge in [-0.05, 0) is 59.2 Å². The summed E-state index contributed by atoms with van der Waals surface area (Å²) in [7, 11) is 1.57. The highest BCUT2D eigenvalue weighted by molar-refractivity contribution is 5.80. The highest BCUT2D eigenvalue weighted by Gasteiger charge is 2.24. The van der Waals surface area contributed by atoms with Crippen molar-refractivity contribution in [3.05, 3.63) is 23.8 Å². The molecule has 9 nitrogen and oxygen atoms in total. The van der Waals surface area contributed by atoms with Crippen LogP contribution in [0, 0.1) is 0 Å². The number of nitrogens with one attached hydrogen (secondary N) is 3. The first-order valence-electron chi connectivity index (χ1n) is 10.4. The van der Waals surface area contributed by atoms with Gasteiger partial charge in [0.1, 0.15) is 12.2 Å². The Balaban J connectivity index is 2.75. The second kappa shape index (κ2) is 12.2. The minimum absolute atomic E-state index is 0.0634. The molecular formula is C22H38N4O5. The predicted octanol–water partition coefficient (Wildman–Crippen LogP) is 2.42. The van der Waals surface area contributed by atoms with Gasteiger partial charge >= 0.3 is 6.09 Å². The Kier molecular flexibility index (Phi) is 10.4. The first-order chi connectivity index (χ1) is 14.5. The average molecular weight is 439 g/mol. The number of guanidine groups is 1. The van der Waals surface area contributed by atoms with Gasteiger partial charge in [0, 0.05) is 13.1 Å². The van der Waals surface area contributed by atoms with Gasteiger partial charge in [0.05, 0.1) is 25.8 Å². The minimum Gasteiger partial charge on any atom is -0.493 e. The number of aliphatic imine (C=N–C) groups is 1. The Morgan fingerprint density at radius 2 is 1.84 bits per heavy atom. The molecule has 4 N–H and O–H groups in total. The van der Waals surface area contributed by atoms with Crippen molar-refractivity contribution in [2.75, 3.05) is 33.4 Å². The van der Waals surface area contributed by atoms with Crippen molar-refractivity contribution in [1.29, 1.82) is 0 Å². The van der Waals surface area contributed by atoms with Crippen LogP contribution in [0.5, 0.6) is 11.5 Å². The van der Waals surface area contributed by atoms with Crippen molar-refractivity contribution < 1.29 is 24.1 Å². The van der Waals surface area contributed by atoms with Crippen LogP contribution in [0.15, 0.2) is 23.2 Å². The van der Waals surface area contributed by atoms with E-state index in [0.29, 0.717) is 37.1 Å².